The summed E-state index contributed by atoms with van der Waals surface area (Å²) in [7, 11) is 0. The van der Waals surface area contributed by atoms with Crippen molar-refractivity contribution in [3.63, 3.8) is 0 Å². The first-order chi connectivity index (χ1) is 7.89. The number of anilines is 1. The van der Waals surface area contributed by atoms with Gasteiger partial charge in [0.15, 0.2) is 0 Å². The molecule has 3 rings (SSSR count). The summed E-state index contributed by atoms with van der Waals surface area (Å²) in [6, 6.07) is 0. The molecule has 0 radical (unpaired) electrons. The van der Waals surface area contributed by atoms with Crippen LogP contribution in [-0.4, -0.2) is 16.1 Å². The molecule has 0 bridgehead atoms. The molecule has 1 aromatic rings. The van der Waals surface area contributed by atoms with Crippen LogP contribution in [0.5, 0.6) is 0 Å². The summed E-state index contributed by atoms with van der Waals surface area (Å²) in [6.45, 7) is 11.7. The van der Waals surface area contributed by atoms with Crippen molar-refractivity contribution in [2.45, 2.75) is 58.9 Å². The average molecular weight is 233 g/mol. The third kappa shape index (κ3) is 1.67. The van der Waals surface area contributed by atoms with E-state index in [0.717, 1.165) is 25.5 Å². The highest BCUT2D eigenvalue weighted by molar-refractivity contribution is 5.41. The van der Waals surface area contributed by atoms with Crippen LogP contribution in [-0.2, 0) is 18.4 Å². The molecule has 1 aromatic heterocycles. The number of fused-ring (bicyclic) bond motifs is 3. The minimum absolute atomic E-state index is 0.251. The van der Waals surface area contributed by atoms with Crippen molar-refractivity contribution in [1.82, 2.24) is 9.55 Å². The van der Waals surface area contributed by atoms with E-state index >= 15 is 0 Å². The van der Waals surface area contributed by atoms with Gasteiger partial charge in [0.05, 0.1) is 5.69 Å². The van der Waals surface area contributed by atoms with Crippen molar-refractivity contribution >= 4 is 5.95 Å². The molecule has 3 nitrogen and oxygen atoms in total. The number of hydrogen-bond donors (Lipinski definition) is 1. The zero-order valence-electron chi connectivity index (χ0n) is 11.4. The Morgan fingerprint density at radius 1 is 1.24 bits per heavy atom. The van der Waals surface area contributed by atoms with E-state index in [1.165, 1.54) is 24.2 Å². The van der Waals surface area contributed by atoms with Gasteiger partial charge < -0.3 is 9.88 Å². The Kier molecular flexibility index (Phi) is 2.14. The number of hydrogen-bond acceptors (Lipinski definition) is 2. The summed E-state index contributed by atoms with van der Waals surface area (Å²) in [5, 5.41) is 3.44. The quantitative estimate of drug-likeness (QED) is 0.746. The maximum Gasteiger partial charge on any atom is 0.203 e. The van der Waals surface area contributed by atoms with Crippen LogP contribution < -0.4 is 5.32 Å². The fraction of sp³-hybridized carbons (Fsp3) is 0.786. The molecule has 0 atom stereocenters. The van der Waals surface area contributed by atoms with Crippen LogP contribution in [0.3, 0.4) is 0 Å². The Bertz CT molecular complexity index is 454. The zero-order chi connectivity index (χ0) is 12.3. The standard InChI is InChI=1S/C14H23N3/c1-13(2)8-10-11(14(3,4)9-13)17-7-5-6-15-12(17)16-10/h5-9H2,1-4H3,(H,15,16). The molecule has 0 fully saturated rings. The van der Waals surface area contributed by atoms with E-state index in [4.69, 9.17) is 4.98 Å². The van der Waals surface area contributed by atoms with Gasteiger partial charge in [-0.25, -0.2) is 4.98 Å². The topological polar surface area (TPSA) is 29.9 Å². The maximum atomic E-state index is 4.83. The predicted molar refractivity (Wildman–Crippen MR) is 70.5 cm³/mol. The van der Waals surface area contributed by atoms with Crippen LogP contribution >= 0.6 is 0 Å². The Morgan fingerprint density at radius 3 is 2.76 bits per heavy atom. The van der Waals surface area contributed by atoms with Gasteiger partial charge in [0.2, 0.25) is 5.95 Å². The first kappa shape index (κ1) is 11.1. The Labute approximate surface area is 104 Å². The van der Waals surface area contributed by atoms with Crippen molar-refractivity contribution in [3.8, 4) is 0 Å². The first-order valence-electron chi connectivity index (χ1n) is 6.73. The first-order valence-corrected chi connectivity index (χ1v) is 6.73. The molecule has 2 heterocycles. The molecule has 1 N–H and O–H groups in total. The van der Waals surface area contributed by atoms with Crippen LogP contribution in [0.25, 0.3) is 0 Å². The van der Waals surface area contributed by atoms with E-state index in [2.05, 4.69) is 37.6 Å². The monoisotopic (exact) mass is 233 g/mol. The predicted octanol–water partition coefficient (Wildman–Crippen LogP) is 2.95. The summed E-state index contributed by atoms with van der Waals surface area (Å²) in [5.74, 6) is 1.10. The number of rotatable bonds is 0. The Balaban J connectivity index is 2.15. The van der Waals surface area contributed by atoms with Crippen molar-refractivity contribution in [2.24, 2.45) is 5.41 Å². The second kappa shape index (κ2) is 3.27. The fourth-order valence-electron chi connectivity index (χ4n) is 3.97. The van der Waals surface area contributed by atoms with Gasteiger partial charge in [0.1, 0.15) is 0 Å². The lowest BCUT2D eigenvalue weighted by atomic mass is 9.66. The normalized spacial score (nSPS) is 24.7. The largest absolute Gasteiger partial charge is 0.356 e. The summed E-state index contributed by atoms with van der Waals surface area (Å²) in [4.78, 5) is 4.83. The Hall–Kier alpha value is -0.990. The van der Waals surface area contributed by atoms with E-state index in [1.54, 1.807) is 0 Å². The smallest absolute Gasteiger partial charge is 0.203 e. The molecule has 0 aromatic carbocycles. The van der Waals surface area contributed by atoms with Crippen molar-refractivity contribution < 1.29 is 0 Å². The van der Waals surface area contributed by atoms with E-state index in [0.29, 0.717) is 5.41 Å². The number of nitrogens with zero attached hydrogens (tertiary/aromatic N) is 2. The van der Waals surface area contributed by atoms with Crippen molar-refractivity contribution in [1.29, 1.82) is 0 Å². The molecule has 0 saturated heterocycles. The molecule has 0 unspecified atom stereocenters. The van der Waals surface area contributed by atoms with Gasteiger partial charge in [-0.15, -0.1) is 0 Å². The van der Waals surface area contributed by atoms with E-state index in [9.17, 15) is 0 Å². The molecule has 2 aliphatic rings. The van der Waals surface area contributed by atoms with Gasteiger partial charge in [-0.3, -0.25) is 0 Å². The minimum Gasteiger partial charge on any atom is -0.356 e. The van der Waals surface area contributed by atoms with Crippen molar-refractivity contribution in [3.05, 3.63) is 11.4 Å². The van der Waals surface area contributed by atoms with Crippen molar-refractivity contribution in [2.75, 3.05) is 11.9 Å². The average Bonchev–Trinajstić information content (AvgIpc) is 2.51. The lowest BCUT2D eigenvalue weighted by molar-refractivity contribution is 0.220. The van der Waals surface area contributed by atoms with Crippen LogP contribution in [0.2, 0.25) is 0 Å². The summed E-state index contributed by atoms with van der Waals surface area (Å²) < 4.78 is 2.42. The van der Waals surface area contributed by atoms with E-state index < -0.39 is 0 Å². The zero-order valence-corrected chi connectivity index (χ0v) is 11.4. The van der Waals surface area contributed by atoms with Crippen LogP contribution in [0.15, 0.2) is 0 Å². The molecular formula is C14H23N3. The fourth-order valence-corrected chi connectivity index (χ4v) is 3.97. The van der Waals surface area contributed by atoms with Gasteiger partial charge >= 0.3 is 0 Å². The Morgan fingerprint density at radius 2 is 2.00 bits per heavy atom. The molecule has 0 saturated carbocycles. The molecule has 0 spiro atoms. The van der Waals surface area contributed by atoms with Gasteiger partial charge in [0.25, 0.3) is 0 Å². The minimum atomic E-state index is 0.251. The molecule has 3 heteroatoms. The van der Waals surface area contributed by atoms with Crippen LogP contribution in [0, 0.1) is 5.41 Å². The number of nitrogens with one attached hydrogen (secondary N) is 1. The lowest BCUT2D eigenvalue weighted by Gasteiger charge is -2.41. The number of aromatic nitrogens is 2. The molecule has 0 amide bonds. The van der Waals surface area contributed by atoms with Gasteiger partial charge in [-0.05, 0) is 24.7 Å². The summed E-state index contributed by atoms with van der Waals surface area (Å²) in [6.07, 6.45) is 3.58. The highest BCUT2D eigenvalue weighted by atomic mass is 15.2. The lowest BCUT2D eigenvalue weighted by Crippen LogP contribution is -2.36. The van der Waals surface area contributed by atoms with E-state index in [-0.39, 0.29) is 5.41 Å². The molecule has 1 aliphatic heterocycles. The second-order valence-corrected chi connectivity index (χ2v) is 7.06. The second-order valence-electron chi connectivity index (χ2n) is 7.06. The molecular weight excluding hydrogens is 210 g/mol. The van der Waals surface area contributed by atoms with Gasteiger partial charge in [-0.1, -0.05) is 27.7 Å². The van der Waals surface area contributed by atoms with E-state index in [1.807, 2.05) is 0 Å². The third-order valence-corrected chi connectivity index (χ3v) is 4.09. The van der Waals surface area contributed by atoms with Crippen LogP contribution in [0.4, 0.5) is 5.95 Å². The molecule has 17 heavy (non-hydrogen) atoms. The van der Waals surface area contributed by atoms with Crippen LogP contribution in [0.1, 0.15) is 51.9 Å². The highest BCUT2D eigenvalue weighted by Crippen LogP contribution is 2.46. The number of imidazole rings is 1. The summed E-state index contributed by atoms with van der Waals surface area (Å²) in [5.41, 5.74) is 3.44. The molecule has 1 aliphatic carbocycles. The highest BCUT2D eigenvalue weighted by Gasteiger charge is 2.41. The maximum absolute atomic E-state index is 4.83. The molecule has 94 valence electrons. The third-order valence-electron chi connectivity index (χ3n) is 4.09. The van der Waals surface area contributed by atoms with Gasteiger partial charge in [-0.2, -0.15) is 0 Å². The van der Waals surface area contributed by atoms with Gasteiger partial charge in [0, 0.05) is 24.2 Å². The summed E-state index contributed by atoms with van der Waals surface area (Å²) >= 11 is 0. The SMILES string of the molecule is CC1(C)Cc2nc3n(c2C(C)(C)C1)CCCN3.